The van der Waals surface area contributed by atoms with E-state index in [0.29, 0.717) is 47.8 Å². The molecule has 2 fully saturated rings. The summed E-state index contributed by atoms with van der Waals surface area (Å²) in [4.78, 5) is 44.6. The van der Waals surface area contributed by atoms with Gasteiger partial charge in [-0.05, 0) is 45.4 Å². The Morgan fingerprint density at radius 1 is 1.19 bits per heavy atom. The van der Waals surface area contributed by atoms with Crippen LogP contribution in [0.4, 0.5) is 10.2 Å². The van der Waals surface area contributed by atoms with Crippen LogP contribution in [0.1, 0.15) is 58.3 Å². The molecule has 0 N–H and O–H groups in total. The van der Waals surface area contributed by atoms with E-state index >= 15 is 4.39 Å². The number of hydrogen-bond donors (Lipinski definition) is 0. The van der Waals surface area contributed by atoms with Crippen molar-refractivity contribution in [3.63, 3.8) is 0 Å². The van der Waals surface area contributed by atoms with Crippen molar-refractivity contribution in [2.24, 2.45) is 5.92 Å². The average Bonchev–Trinajstić information content (AvgIpc) is 3.63. The van der Waals surface area contributed by atoms with Gasteiger partial charge in [0.05, 0.1) is 17.1 Å². The van der Waals surface area contributed by atoms with Crippen LogP contribution in [-0.4, -0.2) is 82.3 Å². The maximum Gasteiger partial charge on any atom is 0.329 e. The SMILES string of the molecule is C[C@H]1CN2CC[C@]1(F)c1cc(Cl)cnc1O[C@H]1C[C@@H](C(=O)OC(C)(C)C)N(C1)c1nc(nc3c1oc1ccccc13)CCCOCC2=O. The summed E-state index contributed by atoms with van der Waals surface area (Å²) in [7, 11) is 0. The minimum absolute atomic E-state index is 0.0427. The number of furan rings is 1. The number of benzene rings is 1. The van der Waals surface area contributed by atoms with Crippen LogP contribution in [0.25, 0.3) is 22.1 Å². The van der Waals surface area contributed by atoms with Crippen molar-refractivity contribution in [1.82, 2.24) is 19.9 Å². The van der Waals surface area contributed by atoms with Gasteiger partial charge in [-0.25, -0.2) is 24.1 Å². The second-order valence-corrected chi connectivity index (χ2v) is 14.4. The van der Waals surface area contributed by atoms with Gasteiger partial charge >= 0.3 is 5.97 Å². The van der Waals surface area contributed by atoms with E-state index in [1.807, 2.05) is 49.9 Å². The molecule has 0 saturated carbocycles. The van der Waals surface area contributed by atoms with Gasteiger partial charge in [0.25, 0.3) is 0 Å². The van der Waals surface area contributed by atoms with Gasteiger partial charge < -0.3 is 28.4 Å². The molecule has 8 rings (SSSR count). The van der Waals surface area contributed by atoms with Gasteiger partial charge in [-0.15, -0.1) is 0 Å². The zero-order valence-corrected chi connectivity index (χ0v) is 28.3. The highest BCUT2D eigenvalue weighted by molar-refractivity contribution is 6.30. The number of para-hydroxylation sites is 1. The molecule has 4 aliphatic heterocycles. The van der Waals surface area contributed by atoms with Crippen LogP contribution in [0.3, 0.4) is 0 Å². The molecule has 7 heterocycles. The monoisotopic (exact) mass is 679 g/mol. The van der Waals surface area contributed by atoms with Gasteiger partial charge in [0.2, 0.25) is 11.8 Å². The highest BCUT2D eigenvalue weighted by Gasteiger charge is 2.48. The summed E-state index contributed by atoms with van der Waals surface area (Å²) in [6.45, 7) is 8.06. The van der Waals surface area contributed by atoms with E-state index in [0.717, 1.165) is 5.39 Å². The van der Waals surface area contributed by atoms with Crippen LogP contribution in [-0.2, 0) is 31.2 Å². The molecule has 0 spiro atoms. The number of alkyl halides is 1. The number of carbonyl (C=O) groups is 2. The molecule has 13 heteroatoms. The van der Waals surface area contributed by atoms with Gasteiger partial charge in [0.1, 0.15) is 46.9 Å². The predicted molar refractivity (Wildman–Crippen MR) is 177 cm³/mol. The summed E-state index contributed by atoms with van der Waals surface area (Å²) in [6.07, 6.45) is 2.12. The molecule has 2 saturated heterocycles. The van der Waals surface area contributed by atoms with Crippen LogP contribution in [0.15, 0.2) is 40.9 Å². The predicted octanol–water partition coefficient (Wildman–Crippen LogP) is 5.79. The summed E-state index contributed by atoms with van der Waals surface area (Å²) in [6, 6.07) is 8.36. The number of aromatic nitrogens is 3. The number of fused-ring (bicyclic) bond motifs is 10. The molecule has 1 amide bonds. The van der Waals surface area contributed by atoms with Crippen molar-refractivity contribution in [1.29, 1.82) is 0 Å². The first kappa shape index (κ1) is 32.5. The number of halogens is 2. The van der Waals surface area contributed by atoms with Gasteiger partial charge in [0.15, 0.2) is 11.4 Å². The first-order chi connectivity index (χ1) is 22.9. The lowest BCUT2D eigenvalue weighted by Crippen LogP contribution is -2.50. The number of pyridine rings is 1. The van der Waals surface area contributed by atoms with Crippen molar-refractivity contribution < 1.29 is 32.6 Å². The van der Waals surface area contributed by atoms with E-state index < -0.39 is 35.3 Å². The second-order valence-electron chi connectivity index (χ2n) is 13.9. The Morgan fingerprint density at radius 3 is 2.79 bits per heavy atom. The molecule has 0 unspecified atom stereocenters. The Hall–Kier alpha value is -4.03. The number of ether oxygens (including phenoxy) is 3. The Morgan fingerprint density at radius 2 is 2.00 bits per heavy atom. The topological polar surface area (TPSA) is 120 Å². The molecule has 3 aromatic heterocycles. The van der Waals surface area contributed by atoms with Crippen LogP contribution in [0.5, 0.6) is 5.88 Å². The third-order valence-electron chi connectivity index (χ3n) is 9.29. The minimum Gasteiger partial charge on any atom is -0.472 e. The quantitative estimate of drug-likeness (QED) is 0.229. The number of rotatable bonds is 1. The highest BCUT2D eigenvalue weighted by Crippen LogP contribution is 2.46. The van der Waals surface area contributed by atoms with Crippen molar-refractivity contribution in [3.8, 4) is 5.88 Å². The molecular weight excluding hydrogens is 641 g/mol. The molecule has 0 radical (unpaired) electrons. The van der Waals surface area contributed by atoms with E-state index in [4.69, 9.17) is 40.2 Å². The molecule has 48 heavy (non-hydrogen) atoms. The molecule has 11 nitrogen and oxygen atoms in total. The van der Waals surface area contributed by atoms with Gasteiger partial charge in [-0.3, -0.25) is 4.79 Å². The van der Waals surface area contributed by atoms with E-state index in [9.17, 15) is 9.59 Å². The molecule has 4 atom stereocenters. The third-order valence-corrected chi connectivity index (χ3v) is 9.50. The number of carbonyl (C=O) groups excluding carboxylic acids is 2. The largest absolute Gasteiger partial charge is 0.472 e. The summed E-state index contributed by atoms with van der Waals surface area (Å²) in [5.74, 6) is -0.125. The number of esters is 1. The summed E-state index contributed by atoms with van der Waals surface area (Å²) >= 11 is 6.38. The smallest absolute Gasteiger partial charge is 0.329 e. The Kier molecular flexibility index (Phi) is 8.43. The number of hydrogen-bond acceptors (Lipinski definition) is 10. The Balaban J connectivity index is 1.34. The number of nitrogens with zero attached hydrogens (tertiary/aromatic N) is 5. The lowest BCUT2D eigenvalue weighted by molar-refractivity contribution is -0.156. The Bertz CT molecular complexity index is 1880. The summed E-state index contributed by atoms with van der Waals surface area (Å²) in [5.41, 5.74) is -0.678. The first-order valence-electron chi connectivity index (χ1n) is 16.4. The van der Waals surface area contributed by atoms with Crippen LogP contribution in [0.2, 0.25) is 5.02 Å². The summed E-state index contributed by atoms with van der Waals surface area (Å²) < 4.78 is 41.6. The number of aryl methyl sites for hydroxylation is 1. The fourth-order valence-electron chi connectivity index (χ4n) is 6.93. The molecule has 6 bridgehead atoms. The zero-order valence-electron chi connectivity index (χ0n) is 27.5. The number of piperidine rings is 1. The van der Waals surface area contributed by atoms with Crippen molar-refractivity contribution in [2.75, 3.05) is 37.7 Å². The lowest BCUT2D eigenvalue weighted by atomic mass is 9.78. The van der Waals surface area contributed by atoms with E-state index in [2.05, 4.69) is 4.98 Å². The maximum absolute atomic E-state index is 17.1. The molecule has 0 aliphatic carbocycles. The minimum atomic E-state index is -1.86. The van der Waals surface area contributed by atoms with Gasteiger partial charge in [0, 0.05) is 56.5 Å². The zero-order chi connectivity index (χ0) is 33.8. The van der Waals surface area contributed by atoms with E-state index in [1.165, 1.54) is 6.20 Å². The van der Waals surface area contributed by atoms with Crippen molar-refractivity contribution >= 4 is 51.4 Å². The molecule has 4 aliphatic rings. The standard InChI is InChI=1S/C35H39ClFN5O6/c1-20-17-41-12-11-35(20,37)24-14-21(36)16-38-32(24)46-22-15-25(33(44)48-34(2,3)4)42(18-22)31-30-29(23-8-5-6-9-26(23)47-30)39-27(40-31)10-7-13-45-19-28(41)43/h5-6,8-9,14,16,20,22,25H,7,10-13,15,17-19H2,1-4H3/t20-,22-,25-,35+/m0/s1. The summed E-state index contributed by atoms with van der Waals surface area (Å²) in [5, 5.41) is 1.09. The van der Waals surface area contributed by atoms with Crippen molar-refractivity contribution in [2.45, 2.75) is 76.8 Å². The van der Waals surface area contributed by atoms with Gasteiger partial charge in [-0.2, -0.15) is 0 Å². The molecule has 4 aromatic rings. The molecular formula is C35H39ClFN5O6. The van der Waals surface area contributed by atoms with E-state index in [1.54, 1.807) is 17.9 Å². The van der Waals surface area contributed by atoms with Gasteiger partial charge in [-0.1, -0.05) is 30.7 Å². The highest BCUT2D eigenvalue weighted by atomic mass is 35.5. The third kappa shape index (κ3) is 6.16. The number of anilines is 1. The second kappa shape index (κ2) is 12.5. The average molecular weight is 680 g/mol. The molecule has 254 valence electrons. The first-order valence-corrected chi connectivity index (χ1v) is 16.8. The van der Waals surface area contributed by atoms with Crippen LogP contribution >= 0.6 is 11.6 Å². The fourth-order valence-corrected chi connectivity index (χ4v) is 7.09. The fraction of sp³-hybridized carbons (Fsp3) is 0.514. The maximum atomic E-state index is 17.1. The molecule has 1 aromatic carbocycles. The van der Waals surface area contributed by atoms with E-state index in [-0.39, 0.29) is 61.5 Å². The Labute approximate surface area is 282 Å². The lowest BCUT2D eigenvalue weighted by Gasteiger charge is -2.42. The normalized spacial score (nSPS) is 25.4. The van der Waals surface area contributed by atoms with Crippen molar-refractivity contribution in [3.05, 3.63) is 52.9 Å². The van der Waals surface area contributed by atoms with Crippen LogP contribution in [0, 0.1) is 5.92 Å². The van der Waals surface area contributed by atoms with Crippen LogP contribution < -0.4 is 9.64 Å². The number of amides is 1.